The lowest BCUT2D eigenvalue weighted by molar-refractivity contribution is -0.141. The Morgan fingerprint density at radius 2 is 2.05 bits per heavy atom. The lowest BCUT2D eigenvalue weighted by atomic mass is 10.1. The lowest BCUT2D eigenvalue weighted by Gasteiger charge is -2.27. The Morgan fingerprint density at radius 3 is 2.73 bits per heavy atom. The summed E-state index contributed by atoms with van der Waals surface area (Å²) in [6, 6.07) is 0.955. The number of fused-ring (bicyclic) bond motifs is 1. The number of nitrogens with one attached hydrogen (secondary N) is 1. The summed E-state index contributed by atoms with van der Waals surface area (Å²) < 4.78 is 39.1. The van der Waals surface area contributed by atoms with E-state index < -0.39 is 11.9 Å². The topological polar surface area (TPSA) is 60.9 Å². The Kier molecular flexibility index (Phi) is 3.42. The van der Waals surface area contributed by atoms with Crippen molar-refractivity contribution in [2.24, 2.45) is 0 Å². The predicted molar refractivity (Wildman–Crippen MR) is 74.7 cm³/mol. The van der Waals surface area contributed by atoms with Gasteiger partial charge in [0.2, 0.25) is 5.95 Å². The lowest BCUT2D eigenvalue weighted by Crippen LogP contribution is -2.32. The number of nitrogens with zero attached hydrogens (tertiary/aromatic N) is 5. The second kappa shape index (κ2) is 5.15. The number of anilines is 2. The highest BCUT2D eigenvalue weighted by Gasteiger charge is 2.34. The van der Waals surface area contributed by atoms with E-state index in [0.717, 1.165) is 17.3 Å². The number of H-pyrrole nitrogens is 1. The molecule has 0 radical (unpaired) electrons. The maximum absolute atomic E-state index is 13.0. The fourth-order valence-corrected chi connectivity index (χ4v) is 2.33. The Balaban J connectivity index is 1.98. The third kappa shape index (κ3) is 2.70. The van der Waals surface area contributed by atoms with E-state index in [2.05, 4.69) is 20.2 Å². The van der Waals surface area contributed by atoms with Crippen LogP contribution in [0.2, 0.25) is 0 Å². The van der Waals surface area contributed by atoms with Crippen LogP contribution in [0, 0.1) is 0 Å². The Labute approximate surface area is 125 Å². The summed E-state index contributed by atoms with van der Waals surface area (Å²) in [7, 11) is 3.30. The number of alkyl halides is 3. The van der Waals surface area contributed by atoms with E-state index in [0.29, 0.717) is 19.5 Å². The van der Waals surface area contributed by atoms with Gasteiger partial charge in [-0.15, -0.1) is 0 Å². The SMILES string of the molecule is CN(C)c1cc(C(F)(F)F)nc(N2CCc3[nH]ncc3C2)n1. The van der Waals surface area contributed by atoms with Gasteiger partial charge in [0, 0.05) is 50.9 Å². The van der Waals surface area contributed by atoms with E-state index in [9.17, 15) is 13.2 Å². The van der Waals surface area contributed by atoms with Gasteiger partial charge < -0.3 is 9.80 Å². The van der Waals surface area contributed by atoms with E-state index in [1.165, 1.54) is 4.90 Å². The summed E-state index contributed by atoms with van der Waals surface area (Å²) in [6.45, 7) is 0.989. The third-order valence-corrected chi connectivity index (χ3v) is 3.53. The highest BCUT2D eigenvalue weighted by atomic mass is 19.4. The van der Waals surface area contributed by atoms with Crippen LogP contribution in [0.15, 0.2) is 12.3 Å². The molecular weight excluding hydrogens is 297 g/mol. The molecule has 0 atom stereocenters. The van der Waals surface area contributed by atoms with Gasteiger partial charge >= 0.3 is 6.18 Å². The first kappa shape index (κ1) is 14.6. The van der Waals surface area contributed by atoms with Crippen molar-refractivity contribution in [3.05, 3.63) is 29.2 Å². The van der Waals surface area contributed by atoms with Crippen LogP contribution in [0.4, 0.5) is 24.9 Å². The van der Waals surface area contributed by atoms with Crippen LogP contribution in [0.1, 0.15) is 17.0 Å². The highest BCUT2D eigenvalue weighted by molar-refractivity contribution is 5.47. The van der Waals surface area contributed by atoms with Gasteiger partial charge in [0.05, 0.1) is 6.20 Å². The number of hydrogen-bond donors (Lipinski definition) is 1. The first-order chi connectivity index (χ1) is 10.3. The van der Waals surface area contributed by atoms with Gasteiger partial charge in [-0.25, -0.2) is 4.98 Å². The summed E-state index contributed by atoms with van der Waals surface area (Å²) in [5.74, 6) is 0.320. The molecule has 1 N–H and O–H groups in total. The number of aromatic amines is 1. The van der Waals surface area contributed by atoms with Crippen LogP contribution in [0.25, 0.3) is 0 Å². The van der Waals surface area contributed by atoms with Crippen LogP contribution in [0.3, 0.4) is 0 Å². The Bertz CT molecular complexity index is 679. The van der Waals surface area contributed by atoms with E-state index in [1.54, 1.807) is 25.2 Å². The van der Waals surface area contributed by atoms with Gasteiger partial charge in [-0.05, 0) is 0 Å². The molecule has 0 aliphatic carbocycles. The minimum absolute atomic E-state index is 0.0883. The van der Waals surface area contributed by atoms with Crippen molar-refractivity contribution < 1.29 is 13.2 Å². The van der Waals surface area contributed by atoms with Crippen molar-refractivity contribution in [1.82, 2.24) is 20.2 Å². The van der Waals surface area contributed by atoms with Gasteiger partial charge in [-0.2, -0.15) is 23.3 Å². The highest BCUT2D eigenvalue weighted by Crippen LogP contribution is 2.31. The quantitative estimate of drug-likeness (QED) is 0.917. The molecule has 118 valence electrons. The normalized spacial score (nSPS) is 14.9. The van der Waals surface area contributed by atoms with Crippen LogP contribution >= 0.6 is 0 Å². The average Bonchev–Trinajstić information content (AvgIpc) is 2.93. The molecule has 0 aromatic carbocycles. The summed E-state index contributed by atoms with van der Waals surface area (Å²) in [5, 5.41) is 6.84. The van der Waals surface area contributed by atoms with Crippen molar-refractivity contribution in [3.8, 4) is 0 Å². The molecule has 22 heavy (non-hydrogen) atoms. The average molecular weight is 312 g/mol. The number of rotatable bonds is 2. The standard InChI is InChI=1S/C13H15F3N6/c1-21(2)11-5-10(13(14,15)16)18-12(19-11)22-4-3-9-8(7-22)6-17-20-9/h5-6H,3-4,7H2,1-2H3,(H,17,20). The summed E-state index contributed by atoms with van der Waals surface area (Å²) in [5.41, 5.74) is 1.04. The summed E-state index contributed by atoms with van der Waals surface area (Å²) >= 11 is 0. The van der Waals surface area contributed by atoms with Crippen molar-refractivity contribution in [3.63, 3.8) is 0 Å². The zero-order chi connectivity index (χ0) is 15.9. The number of aromatic nitrogens is 4. The molecule has 0 unspecified atom stereocenters. The molecule has 0 amide bonds. The number of halogens is 3. The van der Waals surface area contributed by atoms with E-state index in [4.69, 9.17) is 0 Å². The first-order valence-corrected chi connectivity index (χ1v) is 6.74. The smallest absolute Gasteiger partial charge is 0.363 e. The number of hydrogen-bond acceptors (Lipinski definition) is 5. The molecule has 9 heteroatoms. The van der Waals surface area contributed by atoms with E-state index in [1.807, 2.05) is 0 Å². The zero-order valence-corrected chi connectivity index (χ0v) is 12.1. The molecule has 0 saturated heterocycles. The fourth-order valence-electron chi connectivity index (χ4n) is 2.33. The van der Waals surface area contributed by atoms with Crippen molar-refractivity contribution in [1.29, 1.82) is 0 Å². The minimum atomic E-state index is -4.50. The molecule has 6 nitrogen and oxygen atoms in total. The molecule has 0 spiro atoms. The maximum atomic E-state index is 13.0. The molecule has 0 bridgehead atoms. The molecule has 1 aliphatic rings. The Hall–Kier alpha value is -2.32. The van der Waals surface area contributed by atoms with Crippen LogP contribution in [0.5, 0.6) is 0 Å². The van der Waals surface area contributed by atoms with Gasteiger partial charge in [0.25, 0.3) is 0 Å². The summed E-state index contributed by atoms with van der Waals surface area (Å²) in [4.78, 5) is 11.2. The monoisotopic (exact) mass is 312 g/mol. The van der Waals surface area contributed by atoms with E-state index >= 15 is 0 Å². The third-order valence-electron chi connectivity index (χ3n) is 3.53. The van der Waals surface area contributed by atoms with Gasteiger partial charge in [0.15, 0.2) is 5.69 Å². The molecule has 2 aromatic rings. The zero-order valence-electron chi connectivity index (χ0n) is 12.1. The largest absolute Gasteiger partial charge is 0.433 e. The molecule has 0 saturated carbocycles. The van der Waals surface area contributed by atoms with Crippen molar-refractivity contribution >= 4 is 11.8 Å². The maximum Gasteiger partial charge on any atom is 0.433 e. The molecule has 3 heterocycles. The molecule has 3 rings (SSSR count). The van der Waals surface area contributed by atoms with Crippen molar-refractivity contribution in [2.45, 2.75) is 19.1 Å². The fraction of sp³-hybridized carbons (Fsp3) is 0.462. The van der Waals surface area contributed by atoms with Crippen LogP contribution in [-0.4, -0.2) is 40.8 Å². The first-order valence-electron chi connectivity index (χ1n) is 6.74. The van der Waals surface area contributed by atoms with Gasteiger partial charge in [0.1, 0.15) is 5.82 Å². The van der Waals surface area contributed by atoms with E-state index in [-0.39, 0.29) is 11.8 Å². The van der Waals surface area contributed by atoms with Gasteiger partial charge in [-0.1, -0.05) is 0 Å². The minimum Gasteiger partial charge on any atom is -0.363 e. The molecule has 2 aromatic heterocycles. The Morgan fingerprint density at radius 1 is 1.27 bits per heavy atom. The van der Waals surface area contributed by atoms with Gasteiger partial charge in [-0.3, -0.25) is 5.10 Å². The van der Waals surface area contributed by atoms with Crippen molar-refractivity contribution in [2.75, 3.05) is 30.4 Å². The predicted octanol–water partition coefficient (Wildman–Crippen LogP) is 1.85. The second-order valence-corrected chi connectivity index (χ2v) is 5.35. The molecular formula is C13H15F3N6. The second-order valence-electron chi connectivity index (χ2n) is 5.35. The summed E-state index contributed by atoms with van der Waals surface area (Å²) in [6.07, 6.45) is -2.15. The van der Waals surface area contributed by atoms with Crippen LogP contribution < -0.4 is 9.80 Å². The molecule has 0 fully saturated rings. The van der Waals surface area contributed by atoms with Crippen LogP contribution in [-0.2, 0) is 19.1 Å². The molecule has 1 aliphatic heterocycles.